The van der Waals surface area contributed by atoms with Crippen molar-refractivity contribution in [2.45, 2.75) is 18.9 Å². The van der Waals surface area contributed by atoms with Gasteiger partial charge in [0.05, 0.1) is 16.6 Å². The summed E-state index contributed by atoms with van der Waals surface area (Å²) >= 11 is 3.54. The van der Waals surface area contributed by atoms with Crippen LogP contribution in [0.3, 0.4) is 0 Å². The van der Waals surface area contributed by atoms with E-state index in [4.69, 9.17) is 0 Å². The van der Waals surface area contributed by atoms with Crippen molar-refractivity contribution in [3.63, 3.8) is 0 Å². The van der Waals surface area contributed by atoms with Crippen molar-refractivity contribution in [1.82, 2.24) is 19.5 Å². The highest BCUT2D eigenvalue weighted by Crippen LogP contribution is 2.31. The van der Waals surface area contributed by atoms with Gasteiger partial charge in [-0.1, -0.05) is 28.1 Å². The summed E-state index contributed by atoms with van der Waals surface area (Å²) in [7, 11) is 0. The lowest BCUT2D eigenvalue weighted by Crippen LogP contribution is -2.37. The summed E-state index contributed by atoms with van der Waals surface area (Å²) in [5.41, 5.74) is 2.80. The predicted octanol–water partition coefficient (Wildman–Crippen LogP) is 3.88. The van der Waals surface area contributed by atoms with Gasteiger partial charge in [0.2, 0.25) is 0 Å². The van der Waals surface area contributed by atoms with Gasteiger partial charge in [-0.25, -0.2) is 14.8 Å². The van der Waals surface area contributed by atoms with Crippen LogP contribution >= 0.6 is 15.9 Å². The first-order chi connectivity index (χ1) is 13.2. The maximum atomic E-state index is 12.5. The number of imidazole rings is 1. The van der Waals surface area contributed by atoms with Crippen LogP contribution in [0.2, 0.25) is 0 Å². The summed E-state index contributed by atoms with van der Waals surface area (Å²) in [5, 5.41) is 1.05. The summed E-state index contributed by atoms with van der Waals surface area (Å²) < 4.78 is 2.94. The average Bonchev–Trinajstić information content (AvgIpc) is 3.03. The Labute approximate surface area is 164 Å². The van der Waals surface area contributed by atoms with Crippen LogP contribution in [-0.2, 0) is 0 Å². The standard InChI is InChI=1S/C20H18BrN5O/c21-13-5-6-16-15(11-13)19(23-12-22-16)25-9-7-14(8-10-25)26-18-4-2-1-3-17(18)24-20(26)27/h1-6,11-12,14H,7-10H2,(H,24,27). The van der Waals surface area contributed by atoms with E-state index >= 15 is 0 Å². The van der Waals surface area contributed by atoms with Crippen LogP contribution in [0.15, 0.2) is 58.1 Å². The molecular formula is C20H18BrN5O. The van der Waals surface area contributed by atoms with Gasteiger partial charge < -0.3 is 9.88 Å². The minimum Gasteiger partial charge on any atom is -0.356 e. The zero-order valence-electron chi connectivity index (χ0n) is 14.6. The number of aromatic nitrogens is 4. The van der Waals surface area contributed by atoms with E-state index in [1.54, 1.807) is 6.33 Å². The van der Waals surface area contributed by atoms with Gasteiger partial charge in [-0.2, -0.15) is 0 Å². The second-order valence-electron chi connectivity index (χ2n) is 6.89. The summed E-state index contributed by atoms with van der Waals surface area (Å²) in [5.74, 6) is 0.964. The van der Waals surface area contributed by atoms with Crippen molar-refractivity contribution in [3.8, 4) is 0 Å². The first-order valence-electron chi connectivity index (χ1n) is 9.05. The first-order valence-corrected chi connectivity index (χ1v) is 9.84. The number of piperidine rings is 1. The molecule has 0 unspecified atom stereocenters. The van der Waals surface area contributed by atoms with Crippen molar-refractivity contribution in [3.05, 3.63) is 63.7 Å². The van der Waals surface area contributed by atoms with Gasteiger partial charge in [-0.3, -0.25) is 4.57 Å². The van der Waals surface area contributed by atoms with Crippen molar-refractivity contribution in [2.75, 3.05) is 18.0 Å². The molecule has 1 N–H and O–H groups in total. The molecule has 1 saturated heterocycles. The summed E-state index contributed by atoms with van der Waals surface area (Å²) in [4.78, 5) is 26.7. The van der Waals surface area contributed by atoms with Crippen molar-refractivity contribution < 1.29 is 0 Å². The van der Waals surface area contributed by atoms with Crippen LogP contribution in [0.1, 0.15) is 18.9 Å². The highest BCUT2D eigenvalue weighted by molar-refractivity contribution is 9.10. The van der Waals surface area contributed by atoms with E-state index in [-0.39, 0.29) is 11.7 Å². The highest BCUT2D eigenvalue weighted by Gasteiger charge is 2.25. The lowest BCUT2D eigenvalue weighted by Gasteiger charge is -2.33. The summed E-state index contributed by atoms with van der Waals surface area (Å²) in [6.45, 7) is 1.71. The normalized spacial score (nSPS) is 15.7. The SMILES string of the molecule is O=c1[nH]c2ccccc2n1C1CCN(c2ncnc3ccc(Br)cc23)CC1. The minimum atomic E-state index is -0.0222. The zero-order chi connectivity index (χ0) is 18.4. The number of hydrogen-bond acceptors (Lipinski definition) is 4. The number of aromatic amines is 1. The number of rotatable bonds is 2. The maximum Gasteiger partial charge on any atom is 0.326 e. The van der Waals surface area contributed by atoms with E-state index in [0.29, 0.717) is 0 Å². The van der Waals surface area contributed by atoms with Gasteiger partial charge in [0, 0.05) is 29.0 Å². The molecule has 1 aliphatic heterocycles. The molecule has 1 aliphatic rings. The molecule has 0 bridgehead atoms. The largest absolute Gasteiger partial charge is 0.356 e. The van der Waals surface area contributed by atoms with Gasteiger partial charge in [0.15, 0.2) is 0 Å². The molecule has 4 aromatic rings. The molecule has 0 aliphatic carbocycles. The number of nitrogens with zero attached hydrogens (tertiary/aromatic N) is 4. The Balaban J connectivity index is 1.45. The topological polar surface area (TPSA) is 66.8 Å². The van der Waals surface area contributed by atoms with E-state index in [0.717, 1.165) is 58.2 Å². The first kappa shape index (κ1) is 16.5. The van der Waals surface area contributed by atoms with E-state index in [1.807, 2.05) is 41.0 Å². The molecule has 0 spiro atoms. The molecule has 2 aromatic carbocycles. The van der Waals surface area contributed by atoms with Crippen LogP contribution in [0, 0.1) is 0 Å². The Hall–Kier alpha value is -2.67. The molecule has 27 heavy (non-hydrogen) atoms. The van der Waals surface area contributed by atoms with Gasteiger partial charge in [-0.15, -0.1) is 0 Å². The number of nitrogens with one attached hydrogen (secondary N) is 1. The van der Waals surface area contributed by atoms with Crippen molar-refractivity contribution in [1.29, 1.82) is 0 Å². The molecule has 0 radical (unpaired) electrons. The maximum absolute atomic E-state index is 12.5. The fourth-order valence-corrected chi connectivity index (χ4v) is 4.40. The second-order valence-corrected chi connectivity index (χ2v) is 7.81. The average molecular weight is 424 g/mol. The molecule has 7 heteroatoms. The quantitative estimate of drug-likeness (QED) is 0.531. The number of benzene rings is 2. The monoisotopic (exact) mass is 423 g/mol. The van der Waals surface area contributed by atoms with Gasteiger partial charge in [0.1, 0.15) is 12.1 Å². The molecule has 0 saturated carbocycles. The summed E-state index contributed by atoms with van der Waals surface area (Å²) in [6.07, 6.45) is 3.43. The lowest BCUT2D eigenvalue weighted by atomic mass is 10.0. The Morgan fingerprint density at radius 2 is 1.89 bits per heavy atom. The lowest BCUT2D eigenvalue weighted by molar-refractivity contribution is 0.395. The third kappa shape index (κ3) is 2.82. The third-order valence-electron chi connectivity index (χ3n) is 5.33. The number of H-pyrrole nitrogens is 1. The molecule has 5 rings (SSSR count). The fraction of sp³-hybridized carbons (Fsp3) is 0.250. The second kappa shape index (κ2) is 6.49. The predicted molar refractivity (Wildman–Crippen MR) is 110 cm³/mol. The number of para-hydroxylation sites is 2. The van der Waals surface area contributed by atoms with Crippen molar-refractivity contribution >= 4 is 43.7 Å². The molecule has 136 valence electrons. The molecule has 1 fully saturated rings. The Morgan fingerprint density at radius 1 is 1.07 bits per heavy atom. The molecule has 6 nitrogen and oxygen atoms in total. The van der Waals surface area contributed by atoms with Crippen molar-refractivity contribution in [2.24, 2.45) is 0 Å². The number of fused-ring (bicyclic) bond motifs is 2. The van der Waals surface area contributed by atoms with Crippen LogP contribution in [0.5, 0.6) is 0 Å². The molecular weight excluding hydrogens is 406 g/mol. The van der Waals surface area contributed by atoms with Gasteiger partial charge in [0.25, 0.3) is 0 Å². The zero-order valence-corrected chi connectivity index (χ0v) is 16.2. The van der Waals surface area contributed by atoms with E-state index < -0.39 is 0 Å². The minimum absolute atomic E-state index is 0.0222. The highest BCUT2D eigenvalue weighted by atomic mass is 79.9. The number of hydrogen-bond donors (Lipinski definition) is 1. The smallest absolute Gasteiger partial charge is 0.326 e. The summed E-state index contributed by atoms with van der Waals surface area (Å²) in [6, 6.07) is 14.2. The number of halogens is 1. The Morgan fingerprint density at radius 3 is 2.74 bits per heavy atom. The van der Waals surface area contributed by atoms with E-state index in [1.165, 1.54) is 0 Å². The van der Waals surface area contributed by atoms with Crippen LogP contribution < -0.4 is 10.6 Å². The third-order valence-corrected chi connectivity index (χ3v) is 5.82. The van der Waals surface area contributed by atoms with Crippen LogP contribution in [-0.4, -0.2) is 32.6 Å². The number of anilines is 1. The van der Waals surface area contributed by atoms with Gasteiger partial charge in [-0.05, 0) is 43.2 Å². The molecule has 2 aromatic heterocycles. The van der Waals surface area contributed by atoms with E-state index in [9.17, 15) is 4.79 Å². The Kier molecular flexibility index (Phi) is 3.97. The van der Waals surface area contributed by atoms with E-state index in [2.05, 4.69) is 41.8 Å². The van der Waals surface area contributed by atoms with Crippen LogP contribution in [0.4, 0.5) is 5.82 Å². The molecule has 3 heterocycles. The molecule has 0 amide bonds. The van der Waals surface area contributed by atoms with Gasteiger partial charge >= 0.3 is 5.69 Å². The van der Waals surface area contributed by atoms with Crippen LogP contribution in [0.25, 0.3) is 21.9 Å². The molecule has 0 atom stereocenters. The fourth-order valence-electron chi connectivity index (χ4n) is 4.04. The Bertz CT molecular complexity index is 1190.